The summed E-state index contributed by atoms with van der Waals surface area (Å²) < 4.78 is 40.7. The lowest BCUT2D eigenvalue weighted by Gasteiger charge is -2.37. The van der Waals surface area contributed by atoms with Gasteiger partial charge < -0.3 is 30.9 Å². The molecule has 0 radical (unpaired) electrons. The van der Waals surface area contributed by atoms with Crippen molar-refractivity contribution in [1.82, 2.24) is 10.6 Å². The monoisotopic (exact) mass is 476 g/mol. The Labute approximate surface area is 185 Å². The highest BCUT2D eigenvalue weighted by Crippen LogP contribution is 2.41. The van der Waals surface area contributed by atoms with Crippen molar-refractivity contribution in [1.29, 1.82) is 0 Å². The van der Waals surface area contributed by atoms with Gasteiger partial charge in [0.2, 0.25) is 11.8 Å². The zero-order valence-corrected chi connectivity index (χ0v) is 17.7. The molecule has 32 heavy (non-hydrogen) atoms. The molecule has 0 spiro atoms. The van der Waals surface area contributed by atoms with Gasteiger partial charge in [0, 0.05) is 31.0 Å². The van der Waals surface area contributed by atoms with Gasteiger partial charge >= 0.3 is 6.36 Å². The summed E-state index contributed by atoms with van der Waals surface area (Å²) in [6, 6.07) is 4.32. The second-order valence-electron chi connectivity index (χ2n) is 7.38. The Hall–Kier alpha value is -2.51. The molecule has 1 fully saturated rings. The van der Waals surface area contributed by atoms with Crippen LogP contribution in [0.15, 0.2) is 29.3 Å². The number of ether oxygens (including phenoxy) is 1. The van der Waals surface area contributed by atoms with E-state index in [4.69, 9.17) is 0 Å². The molecule has 2 aliphatic rings. The third-order valence-electron chi connectivity index (χ3n) is 4.96. The highest BCUT2D eigenvalue weighted by Gasteiger charge is 2.50. The molecular weight excluding hydrogens is 453 g/mol. The van der Waals surface area contributed by atoms with Crippen molar-refractivity contribution in [2.45, 2.75) is 43.2 Å². The smallest absolute Gasteiger partial charge is 0.406 e. The van der Waals surface area contributed by atoms with E-state index in [1.165, 1.54) is 30.8 Å². The van der Waals surface area contributed by atoms with Crippen LogP contribution in [0.5, 0.6) is 5.75 Å². The SMILES string of the molecule is CC(=O)NCCNC(=O)C1CC(O)C(O)C2N=C(Nc3ccc(OC(F)(F)F)cc3)SC12. The zero-order valence-electron chi connectivity index (χ0n) is 16.9. The van der Waals surface area contributed by atoms with Crippen LogP contribution in [0.2, 0.25) is 0 Å². The van der Waals surface area contributed by atoms with Gasteiger partial charge in [0.05, 0.1) is 18.1 Å². The van der Waals surface area contributed by atoms with Gasteiger partial charge in [-0.3, -0.25) is 14.6 Å². The molecule has 5 atom stereocenters. The number of anilines is 1. The number of nitrogens with one attached hydrogen (secondary N) is 3. The van der Waals surface area contributed by atoms with Gasteiger partial charge in [0.15, 0.2) is 5.17 Å². The quantitative estimate of drug-likeness (QED) is 0.384. The van der Waals surface area contributed by atoms with Crippen LogP contribution in [0, 0.1) is 5.92 Å². The van der Waals surface area contributed by atoms with E-state index in [1.807, 2.05) is 0 Å². The second kappa shape index (κ2) is 9.96. The Kier molecular flexibility index (Phi) is 7.51. The van der Waals surface area contributed by atoms with Crippen LogP contribution in [0.3, 0.4) is 0 Å². The fourth-order valence-electron chi connectivity index (χ4n) is 3.53. The fraction of sp³-hybridized carbons (Fsp3) is 0.526. The summed E-state index contributed by atoms with van der Waals surface area (Å²) in [7, 11) is 0. The van der Waals surface area contributed by atoms with Crippen LogP contribution >= 0.6 is 11.8 Å². The number of hydrogen-bond acceptors (Lipinski definition) is 8. The number of hydrogen-bond donors (Lipinski definition) is 5. The average molecular weight is 476 g/mol. The van der Waals surface area contributed by atoms with Gasteiger partial charge in [-0.25, -0.2) is 0 Å². The summed E-state index contributed by atoms with van der Waals surface area (Å²) in [4.78, 5) is 27.9. The van der Waals surface area contributed by atoms with Crippen molar-refractivity contribution in [2.75, 3.05) is 18.4 Å². The summed E-state index contributed by atoms with van der Waals surface area (Å²) in [6.45, 7) is 1.84. The molecule has 5 unspecified atom stereocenters. The highest BCUT2D eigenvalue weighted by molar-refractivity contribution is 8.15. The van der Waals surface area contributed by atoms with Crippen LogP contribution in [-0.4, -0.2) is 70.1 Å². The molecule has 1 saturated carbocycles. The maximum Gasteiger partial charge on any atom is 0.573 e. The third-order valence-corrected chi connectivity index (χ3v) is 6.27. The van der Waals surface area contributed by atoms with Crippen LogP contribution < -0.4 is 20.7 Å². The van der Waals surface area contributed by atoms with E-state index in [0.717, 1.165) is 12.1 Å². The Balaban J connectivity index is 1.63. The van der Waals surface area contributed by atoms with Gasteiger partial charge in [-0.2, -0.15) is 0 Å². The first-order chi connectivity index (χ1) is 15.0. The molecule has 9 nitrogen and oxygen atoms in total. The summed E-state index contributed by atoms with van der Waals surface area (Å²) in [6.07, 6.45) is -7.03. The molecule has 13 heteroatoms. The highest BCUT2D eigenvalue weighted by atomic mass is 32.2. The Morgan fingerprint density at radius 3 is 2.47 bits per heavy atom. The topological polar surface area (TPSA) is 132 Å². The van der Waals surface area contributed by atoms with E-state index in [-0.39, 0.29) is 37.1 Å². The summed E-state index contributed by atoms with van der Waals surface area (Å²) >= 11 is 1.22. The Bertz CT molecular complexity index is 868. The number of rotatable bonds is 6. The molecule has 0 saturated heterocycles. The molecule has 1 aromatic carbocycles. The maximum absolute atomic E-state index is 12.6. The standard InChI is InChI=1S/C19H23F3N4O5S/c1-9(27)23-6-7-24-17(30)12-8-13(28)15(29)14-16(12)32-18(26-14)25-10-2-4-11(5-3-10)31-19(20,21)22/h2-5,12-16,28-29H,6-8H2,1H3,(H,23,27)(H,24,30)(H,25,26). The van der Waals surface area contributed by atoms with Crippen LogP contribution in [0.4, 0.5) is 18.9 Å². The fourth-order valence-corrected chi connectivity index (χ4v) is 4.90. The average Bonchev–Trinajstić information content (AvgIpc) is 3.12. The number of nitrogens with zero attached hydrogens (tertiary/aromatic N) is 1. The van der Waals surface area contributed by atoms with E-state index in [2.05, 4.69) is 25.7 Å². The molecule has 5 N–H and O–H groups in total. The number of amides is 2. The lowest BCUT2D eigenvalue weighted by Crippen LogP contribution is -2.54. The van der Waals surface area contributed by atoms with Crippen molar-refractivity contribution in [3.05, 3.63) is 24.3 Å². The molecule has 176 valence electrons. The lowest BCUT2D eigenvalue weighted by atomic mass is 9.81. The van der Waals surface area contributed by atoms with Crippen molar-refractivity contribution in [2.24, 2.45) is 10.9 Å². The van der Waals surface area contributed by atoms with Crippen molar-refractivity contribution in [3.8, 4) is 5.75 Å². The minimum absolute atomic E-state index is 0.0492. The number of aliphatic hydroxyl groups excluding tert-OH is 2. The Morgan fingerprint density at radius 2 is 1.84 bits per heavy atom. The van der Waals surface area contributed by atoms with E-state index >= 15 is 0 Å². The van der Waals surface area contributed by atoms with E-state index in [1.54, 1.807) is 0 Å². The number of carbonyl (C=O) groups excluding carboxylic acids is 2. The summed E-state index contributed by atoms with van der Waals surface area (Å²) in [5, 5.41) is 28.7. The lowest BCUT2D eigenvalue weighted by molar-refractivity contribution is -0.274. The second-order valence-corrected chi connectivity index (χ2v) is 8.55. The zero-order chi connectivity index (χ0) is 23.5. The number of halogens is 3. The van der Waals surface area contributed by atoms with Crippen molar-refractivity contribution < 1.29 is 37.7 Å². The number of amidine groups is 1. The molecule has 1 heterocycles. The molecular formula is C19H23F3N4O5S. The van der Waals surface area contributed by atoms with Gasteiger partial charge in [-0.05, 0) is 30.7 Å². The van der Waals surface area contributed by atoms with E-state index < -0.39 is 35.8 Å². The number of aliphatic hydroxyl groups is 2. The summed E-state index contributed by atoms with van der Waals surface area (Å²) in [5.74, 6) is -1.54. The van der Waals surface area contributed by atoms with Crippen molar-refractivity contribution in [3.63, 3.8) is 0 Å². The normalized spacial score (nSPS) is 27.2. The first-order valence-electron chi connectivity index (χ1n) is 9.79. The molecule has 0 aromatic heterocycles. The van der Waals surface area contributed by atoms with Gasteiger partial charge in [0.25, 0.3) is 0 Å². The number of carbonyl (C=O) groups is 2. The number of benzene rings is 1. The first-order valence-corrected chi connectivity index (χ1v) is 10.7. The van der Waals surface area contributed by atoms with E-state index in [0.29, 0.717) is 10.9 Å². The predicted molar refractivity (Wildman–Crippen MR) is 111 cm³/mol. The van der Waals surface area contributed by atoms with Crippen LogP contribution in [0.1, 0.15) is 13.3 Å². The minimum atomic E-state index is -4.79. The number of aliphatic imine (C=N–C) groups is 1. The molecule has 1 aliphatic carbocycles. The number of fused-ring (bicyclic) bond motifs is 1. The molecule has 2 amide bonds. The molecule has 1 aliphatic heterocycles. The largest absolute Gasteiger partial charge is 0.573 e. The Morgan fingerprint density at radius 1 is 1.19 bits per heavy atom. The summed E-state index contributed by atoms with van der Waals surface area (Å²) in [5.41, 5.74) is 0.441. The van der Waals surface area contributed by atoms with Gasteiger partial charge in [0.1, 0.15) is 11.9 Å². The number of alkyl halides is 3. The minimum Gasteiger partial charge on any atom is -0.406 e. The third kappa shape index (κ3) is 6.26. The van der Waals surface area contributed by atoms with Gasteiger partial charge in [-0.15, -0.1) is 13.2 Å². The first kappa shape index (κ1) is 24.1. The molecule has 0 bridgehead atoms. The van der Waals surface area contributed by atoms with Gasteiger partial charge in [-0.1, -0.05) is 11.8 Å². The maximum atomic E-state index is 12.6. The predicted octanol–water partition coefficient (Wildman–Crippen LogP) is 0.831. The van der Waals surface area contributed by atoms with Crippen LogP contribution in [0.25, 0.3) is 0 Å². The van der Waals surface area contributed by atoms with Crippen molar-refractivity contribution >= 4 is 34.4 Å². The van der Waals surface area contributed by atoms with E-state index in [9.17, 15) is 33.0 Å². The van der Waals surface area contributed by atoms with Crippen LogP contribution in [-0.2, 0) is 9.59 Å². The number of thioether (sulfide) groups is 1. The molecule has 1 aromatic rings. The molecule has 3 rings (SSSR count).